The molecule has 45 heavy (non-hydrogen) atoms. The highest BCUT2D eigenvalue weighted by Gasteiger charge is 2.35. The predicted molar refractivity (Wildman–Crippen MR) is 161 cm³/mol. The van der Waals surface area contributed by atoms with Crippen LogP contribution in [0.15, 0.2) is 99.2 Å². The van der Waals surface area contributed by atoms with E-state index in [1.54, 1.807) is 49.4 Å². The Morgan fingerprint density at radius 1 is 0.978 bits per heavy atom. The lowest BCUT2D eigenvalue weighted by molar-refractivity contribution is -0.137. The van der Waals surface area contributed by atoms with Crippen molar-refractivity contribution in [1.82, 2.24) is 19.1 Å². The number of sulfonamides is 1. The summed E-state index contributed by atoms with van der Waals surface area (Å²) in [5, 5.41) is 4.30. The Bertz CT molecular complexity index is 2010. The number of benzene rings is 3. The first kappa shape index (κ1) is 31.5. The van der Waals surface area contributed by atoms with Gasteiger partial charge < -0.3 is 4.42 Å². The quantitative estimate of drug-likeness (QED) is 0.197. The lowest BCUT2D eigenvalue weighted by Crippen LogP contribution is -2.31. The van der Waals surface area contributed by atoms with Crippen LogP contribution in [-0.4, -0.2) is 28.7 Å². The third kappa shape index (κ3) is 6.63. The molecule has 1 N–H and O–H groups in total. The van der Waals surface area contributed by atoms with Crippen LogP contribution in [0, 0.1) is 6.92 Å². The lowest BCUT2D eigenvalue weighted by Gasteiger charge is -2.12. The summed E-state index contributed by atoms with van der Waals surface area (Å²) in [6.45, 7) is 3.61. The van der Waals surface area contributed by atoms with Gasteiger partial charge in [-0.1, -0.05) is 67.9 Å². The van der Waals surface area contributed by atoms with Crippen LogP contribution in [0.2, 0.25) is 0 Å². The second kappa shape index (κ2) is 12.6. The van der Waals surface area contributed by atoms with Crippen molar-refractivity contribution in [2.75, 3.05) is 0 Å². The number of aromatic nitrogens is 3. The average Bonchev–Trinajstić information content (AvgIpc) is 3.58. The van der Waals surface area contributed by atoms with Gasteiger partial charge in [0, 0.05) is 17.5 Å². The van der Waals surface area contributed by atoms with Gasteiger partial charge in [0.25, 0.3) is 10.0 Å². The average molecular weight is 639 g/mol. The summed E-state index contributed by atoms with van der Waals surface area (Å²) < 4.78 is 77.0. The first-order valence-electron chi connectivity index (χ1n) is 14.1. The van der Waals surface area contributed by atoms with E-state index in [0.29, 0.717) is 40.9 Å². The Hall–Kier alpha value is -4.91. The molecule has 13 heteroatoms. The normalized spacial score (nSPS) is 11.9. The van der Waals surface area contributed by atoms with Crippen molar-refractivity contribution >= 4 is 15.9 Å². The number of carbonyl (C=O) groups is 1. The van der Waals surface area contributed by atoms with Crippen LogP contribution in [-0.2, 0) is 29.2 Å². The molecule has 1 amide bonds. The topological polar surface area (TPSA) is 116 Å². The SMILES string of the molecule is CCCCc1nn(-c2ccccc2C(F)(F)F)c(=O)n1Cc1ccc(-c2ccccc2S(=O)(=O)NC(=O)c2occc2C)cc1. The Labute approximate surface area is 257 Å². The number of nitrogens with zero attached hydrogens (tertiary/aromatic N) is 3. The largest absolute Gasteiger partial charge is 0.459 e. The standard InChI is InChI=1S/C32H29F3N4O5S/c1-3-4-13-28-36-39(26-11-7-6-10-25(26)32(33,34)35)31(41)38(28)20-22-14-16-23(17-15-22)24-9-5-8-12-27(24)45(42,43)37-30(40)29-21(2)18-19-44-29/h5-12,14-19H,3-4,13,20H2,1-2H3,(H,37,40). The van der Waals surface area contributed by atoms with Gasteiger partial charge in [0.1, 0.15) is 5.82 Å². The minimum Gasteiger partial charge on any atom is -0.459 e. The monoisotopic (exact) mass is 638 g/mol. The minimum absolute atomic E-state index is 0.0326. The van der Waals surface area contributed by atoms with Crippen LogP contribution in [0.1, 0.15) is 52.8 Å². The van der Waals surface area contributed by atoms with Gasteiger partial charge in [0.05, 0.1) is 29.0 Å². The van der Waals surface area contributed by atoms with Gasteiger partial charge in [-0.05, 0) is 48.7 Å². The highest BCUT2D eigenvalue weighted by molar-refractivity contribution is 7.90. The summed E-state index contributed by atoms with van der Waals surface area (Å²) in [6.07, 6.45) is -1.53. The number of nitrogens with one attached hydrogen (secondary N) is 1. The molecular formula is C32H29F3N4O5S. The molecular weight excluding hydrogens is 609 g/mol. The molecule has 0 atom stereocenters. The zero-order valence-corrected chi connectivity index (χ0v) is 25.2. The first-order chi connectivity index (χ1) is 21.4. The van der Waals surface area contributed by atoms with E-state index in [0.717, 1.165) is 17.2 Å². The zero-order valence-electron chi connectivity index (χ0n) is 24.3. The zero-order chi connectivity index (χ0) is 32.4. The Balaban J connectivity index is 1.46. The minimum atomic E-state index is -4.68. The number of hydrogen-bond donors (Lipinski definition) is 1. The maximum Gasteiger partial charge on any atom is 0.418 e. The molecule has 9 nitrogen and oxygen atoms in total. The van der Waals surface area contributed by atoms with Crippen LogP contribution in [0.4, 0.5) is 13.2 Å². The fraction of sp³-hybridized carbons (Fsp3) is 0.219. The molecule has 5 rings (SSSR count). The van der Waals surface area contributed by atoms with E-state index in [1.807, 2.05) is 11.6 Å². The molecule has 0 spiro atoms. The highest BCUT2D eigenvalue weighted by Crippen LogP contribution is 2.33. The number of alkyl halides is 3. The number of hydrogen-bond acceptors (Lipinski definition) is 6. The Morgan fingerprint density at radius 2 is 1.67 bits per heavy atom. The van der Waals surface area contributed by atoms with Crippen LogP contribution in [0.5, 0.6) is 0 Å². The molecule has 0 bridgehead atoms. The summed E-state index contributed by atoms with van der Waals surface area (Å²) in [6, 6.07) is 19.2. The number of furan rings is 1. The smallest absolute Gasteiger partial charge is 0.418 e. The molecule has 0 aliphatic carbocycles. The van der Waals surface area contributed by atoms with Gasteiger partial charge in [-0.15, -0.1) is 5.10 Å². The summed E-state index contributed by atoms with van der Waals surface area (Å²) in [4.78, 5) is 25.9. The van der Waals surface area contributed by atoms with Gasteiger partial charge in [-0.3, -0.25) is 9.36 Å². The molecule has 0 saturated carbocycles. The molecule has 0 saturated heterocycles. The molecule has 2 aromatic heterocycles. The summed E-state index contributed by atoms with van der Waals surface area (Å²) in [5.74, 6) is -0.661. The van der Waals surface area contributed by atoms with Gasteiger partial charge in [0.2, 0.25) is 0 Å². The van der Waals surface area contributed by atoms with Crippen LogP contribution in [0.3, 0.4) is 0 Å². The number of aryl methyl sites for hydroxylation is 2. The first-order valence-corrected chi connectivity index (χ1v) is 15.5. The fourth-order valence-electron chi connectivity index (χ4n) is 4.91. The molecule has 5 aromatic rings. The van der Waals surface area contributed by atoms with Gasteiger partial charge >= 0.3 is 17.8 Å². The van der Waals surface area contributed by atoms with E-state index >= 15 is 0 Å². The maximum atomic E-state index is 13.7. The molecule has 234 valence electrons. The molecule has 2 heterocycles. The summed E-state index contributed by atoms with van der Waals surface area (Å²) in [7, 11) is -4.29. The lowest BCUT2D eigenvalue weighted by atomic mass is 10.0. The van der Waals surface area contributed by atoms with Crippen molar-refractivity contribution in [3.05, 3.63) is 124 Å². The Kier molecular flexibility index (Phi) is 8.82. The molecule has 0 unspecified atom stereocenters. The number of halogens is 3. The third-order valence-electron chi connectivity index (χ3n) is 7.21. The summed E-state index contributed by atoms with van der Waals surface area (Å²) in [5.41, 5.74) is -0.0440. The van der Waals surface area contributed by atoms with Crippen molar-refractivity contribution in [2.24, 2.45) is 0 Å². The second-order valence-electron chi connectivity index (χ2n) is 10.4. The number of carbonyl (C=O) groups excluding carboxylic acids is 1. The van der Waals surface area contributed by atoms with Gasteiger partial charge in [-0.2, -0.15) is 17.9 Å². The maximum absolute atomic E-state index is 13.7. The number of unbranched alkanes of at least 4 members (excludes halogenated alkanes) is 1. The number of rotatable bonds is 10. The highest BCUT2D eigenvalue weighted by atomic mass is 32.2. The van der Waals surface area contributed by atoms with E-state index in [1.165, 1.54) is 41.2 Å². The molecule has 3 aromatic carbocycles. The third-order valence-corrected chi connectivity index (χ3v) is 8.60. The van der Waals surface area contributed by atoms with Crippen molar-refractivity contribution in [3.63, 3.8) is 0 Å². The number of para-hydroxylation sites is 1. The van der Waals surface area contributed by atoms with E-state index < -0.39 is 33.4 Å². The van der Waals surface area contributed by atoms with Gasteiger partial charge in [0.15, 0.2) is 5.76 Å². The summed E-state index contributed by atoms with van der Waals surface area (Å²) >= 11 is 0. The van der Waals surface area contributed by atoms with Crippen molar-refractivity contribution in [3.8, 4) is 16.8 Å². The molecule has 0 radical (unpaired) electrons. The molecule has 0 aliphatic rings. The van der Waals surface area contributed by atoms with Crippen LogP contribution >= 0.6 is 0 Å². The van der Waals surface area contributed by atoms with Gasteiger partial charge in [-0.25, -0.2) is 17.9 Å². The van der Waals surface area contributed by atoms with Crippen molar-refractivity contribution in [2.45, 2.75) is 50.7 Å². The van der Waals surface area contributed by atoms with E-state index in [4.69, 9.17) is 4.42 Å². The fourth-order valence-corrected chi connectivity index (χ4v) is 6.09. The predicted octanol–water partition coefficient (Wildman–Crippen LogP) is 6.13. The Morgan fingerprint density at radius 3 is 2.33 bits per heavy atom. The molecule has 0 fully saturated rings. The van der Waals surface area contributed by atoms with Crippen LogP contribution in [0.25, 0.3) is 16.8 Å². The van der Waals surface area contributed by atoms with Crippen molar-refractivity contribution < 1.29 is 30.8 Å². The second-order valence-corrected chi connectivity index (χ2v) is 12.0. The van der Waals surface area contributed by atoms with E-state index in [9.17, 15) is 31.2 Å². The van der Waals surface area contributed by atoms with Crippen LogP contribution < -0.4 is 10.4 Å². The molecule has 0 aliphatic heterocycles. The van der Waals surface area contributed by atoms with Crippen molar-refractivity contribution in [1.29, 1.82) is 0 Å². The van der Waals surface area contributed by atoms with E-state index in [-0.39, 0.29) is 22.9 Å². The number of amides is 1. The van der Waals surface area contributed by atoms with E-state index in [2.05, 4.69) is 5.10 Å².